The van der Waals surface area contributed by atoms with Gasteiger partial charge in [0.1, 0.15) is 23.8 Å². The minimum Gasteiger partial charge on any atom is -0.508 e. The summed E-state index contributed by atoms with van der Waals surface area (Å²) in [5.74, 6) is -1.85. The predicted octanol–water partition coefficient (Wildman–Crippen LogP) is 3.03. The monoisotopic (exact) mass is 399 g/mol. The Kier molecular flexibility index (Phi) is 5.85. The molecule has 28 heavy (non-hydrogen) atoms. The highest BCUT2D eigenvalue weighted by Gasteiger charge is 2.22. The van der Waals surface area contributed by atoms with Crippen LogP contribution in [0.5, 0.6) is 0 Å². The number of aromatic amines is 1. The molecule has 2 N–H and O–H groups in total. The lowest BCUT2D eigenvalue weighted by molar-refractivity contribution is -0.138. The van der Waals surface area contributed by atoms with Crippen LogP contribution in [-0.2, 0) is 19.1 Å². The number of aromatic nitrogens is 3. The van der Waals surface area contributed by atoms with Crippen LogP contribution in [0.15, 0.2) is 41.5 Å². The number of methoxy groups -OCH3 is 1. The van der Waals surface area contributed by atoms with Gasteiger partial charge < -0.3 is 19.6 Å². The minimum absolute atomic E-state index is 0.120. The van der Waals surface area contributed by atoms with E-state index in [1.807, 2.05) is 13.0 Å². The number of thiazole rings is 1. The third kappa shape index (κ3) is 4.44. The van der Waals surface area contributed by atoms with Gasteiger partial charge in [-0.15, -0.1) is 11.3 Å². The molecule has 0 bridgehead atoms. The topological polar surface area (TPSA) is 114 Å². The molecule has 2 aromatic heterocycles. The molecule has 1 aromatic carbocycles. The Labute approximate surface area is 164 Å². The average molecular weight is 399 g/mol. The van der Waals surface area contributed by atoms with Crippen molar-refractivity contribution in [2.75, 3.05) is 13.7 Å². The molecule has 8 nitrogen and oxygen atoms in total. The van der Waals surface area contributed by atoms with Crippen molar-refractivity contribution in [3.8, 4) is 0 Å². The maximum Gasteiger partial charge on any atom is 0.345 e. The number of para-hydroxylation sites is 2. The molecule has 2 heterocycles. The molecule has 0 unspecified atom stereocenters. The summed E-state index contributed by atoms with van der Waals surface area (Å²) in [7, 11) is 1.18. The number of H-pyrrole nitrogens is 1. The third-order valence-corrected chi connectivity index (χ3v) is 4.47. The maximum atomic E-state index is 12.1. The van der Waals surface area contributed by atoms with Crippen molar-refractivity contribution < 1.29 is 24.2 Å². The molecular weight excluding hydrogens is 382 g/mol. The van der Waals surface area contributed by atoms with E-state index in [-0.39, 0.29) is 11.4 Å². The molecule has 3 aromatic rings. The van der Waals surface area contributed by atoms with Crippen molar-refractivity contribution in [2.24, 2.45) is 0 Å². The Morgan fingerprint density at radius 3 is 2.75 bits per heavy atom. The number of imidazole rings is 1. The van der Waals surface area contributed by atoms with Crippen LogP contribution in [0.1, 0.15) is 16.5 Å². The zero-order chi connectivity index (χ0) is 20.1. The smallest absolute Gasteiger partial charge is 0.345 e. The number of aryl methyl sites for hydroxylation is 1. The molecule has 0 saturated carbocycles. The molecule has 0 aliphatic carbocycles. The zero-order valence-electron chi connectivity index (χ0n) is 15.1. The largest absolute Gasteiger partial charge is 0.508 e. The lowest BCUT2D eigenvalue weighted by Crippen LogP contribution is -2.13. The summed E-state index contributed by atoms with van der Waals surface area (Å²) in [6, 6.07) is 7.14. The first kappa shape index (κ1) is 19.3. The van der Waals surface area contributed by atoms with Gasteiger partial charge in [0, 0.05) is 11.5 Å². The summed E-state index contributed by atoms with van der Waals surface area (Å²) in [6.45, 7) is 1.34. The Morgan fingerprint density at radius 2 is 2.07 bits per heavy atom. The first-order valence-electron chi connectivity index (χ1n) is 8.20. The number of carbonyl (C=O) groups is 2. The molecule has 0 spiro atoms. The van der Waals surface area contributed by atoms with E-state index in [0.29, 0.717) is 16.7 Å². The average Bonchev–Trinajstić information content (AvgIpc) is 3.30. The van der Waals surface area contributed by atoms with Gasteiger partial charge in [0.15, 0.2) is 0 Å². The van der Waals surface area contributed by atoms with E-state index < -0.39 is 24.3 Å². The van der Waals surface area contributed by atoms with Gasteiger partial charge in [0.25, 0.3) is 0 Å². The standard InChI is InChI=1S/C19H17N3O5S/c1-11-20-12(10-28-11)7-8-16(24)27-9-15(23)17(19(25)26-2)18-21-13-5-3-4-6-14(13)22-18/h3-8,10,23H,9H2,1-2H3,(H,21,22)/b8-7+,17-15+. The van der Waals surface area contributed by atoms with Crippen molar-refractivity contribution in [2.45, 2.75) is 6.92 Å². The van der Waals surface area contributed by atoms with E-state index in [0.717, 1.165) is 5.01 Å². The van der Waals surface area contributed by atoms with E-state index >= 15 is 0 Å². The quantitative estimate of drug-likeness (QED) is 0.372. The van der Waals surface area contributed by atoms with Gasteiger partial charge in [-0.05, 0) is 25.1 Å². The predicted molar refractivity (Wildman–Crippen MR) is 105 cm³/mol. The molecule has 144 valence electrons. The molecular formula is C19H17N3O5S. The number of nitrogens with zero attached hydrogens (tertiary/aromatic N) is 2. The van der Waals surface area contributed by atoms with Crippen LogP contribution >= 0.6 is 11.3 Å². The summed E-state index contributed by atoms with van der Waals surface area (Å²) < 4.78 is 9.72. The fourth-order valence-electron chi connectivity index (χ4n) is 2.39. The van der Waals surface area contributed by atoms with Gasteiger partial charge in [-0.3, -0.25) is 0 Å². The summed E-state index contributed by atoms with van der Waals surface area (Å²) in [5, 5.41) is 13.0. The zero-order valence-corrected chi connectivity index (χ0v) is 15.9. The Bertz CT molecular complexity index is 1050. The first-order chi connectivity index (χ1) is 13.5. The third-order valence-electron chi connectivity index (χ3n) is 3.68. The van der Waals surface area contributed by atoms with Crippen molar-refractivity contribution in [1.29, 1.82) is 0 Å². The number of benzene rings is 1. The number of carbonyl (C=O) groups excluding carboxylic acids is 2. The highest BCUT2D eigenvalue weighted by atomic mass is 32.1. The molecule has 0 aliphatic rings. The Balaban J connectivity index is 1.77. The van der Waals surface area contributed by atoms with Crippen LogP contribution in [0, 0.1) is 6.92 Å². The number of hydrogen-bond donors (Lipinski definition) is 2. The van der Waals surface area contributed by atoms with E-state index in [9.17, 15) is 14.7 Å². The van der Waals surface area contributed by atoms with Crippen molar-refractivity contribution >= 4 is 46.0 Å². The highest BCUT2D eigenvalue weighted by molar-refractivity contribution is 7.09. The number of rotatable bonds is 6. The van der Waals surface area contributed by atoms with Crippen LogP contribution in [0.3, 0.4) is 0 Å². The van der Waals surface area contributed by atoms with Gasteiger partial charge in [-0.25, -0.2) is 19.6 Å². The Hall–Kier alpha value is -3.46. The second kappa shape index (κ2) is 8.49. The van der Waals surface area contributed by atoms with Crippen LogP contribution in [0.25, 0.3) is 22.7 Å². The van der Waals surface area contributed by atoms with Crippen molar-refractivity contribution in [1.82, 2.24) is 15.0 Å². The SMILES string of the molecule is COC(=O)/C(=C(/O)COC(=O)/C=C/c1csc(C)n1)c1nc2ccccc2[nH]1. The molecule has 0 amide bonds. The molecule has 0 radical (unpaired) electrons. The van der Waals surface area contributed by atoms with Gasteiger partial charge in [0.2, 0.25) is 0 Å². The van der Waals surface area contributed by atoms with Gasteiger partial charge in [-0.2, -0.15) is 0 Å². The van der Waals surface area contributed by atoms with Crippen LogP contribution in [0.2, 0.25) is 0 Å². The van der Waals surface area contributed by atoms with Crippen molar-refractivity contribution in [3.63, 3.8) is 0 Å². The van der Waals surface area contributed by atoms with Gasteiger partial charge >= 0.3 is 11.9 Å². The Morgan fingerprint density at radius 1 is 1.29 bits per heavy atom. The summed E-state index contributed by atoms with van der Waals surface area (Å²) in [6.07, 6.45) is 2.70. The molecule has 0 fully saturated rings. The lowest BCUT2D eigenvalue weighted by Gasteiger charge is -2.07. The fourth-order valence-corrected chi connectivity index (χ4v) is 2.98. The molecule has 3 rings (SSSR count). The number of aliphatic hydroxyl groups is 1. The first-order valence-corrected chi connectivity index (χ1v) is 9.08. The fraction of sp³-hybridized carbons (Fsp3) is 0.158. The number of esters is 2. The lowest BCUT2D eigenvalue weighted by atomic mass is 10.2. The molecule has 9 heteroatoms. The normalized spacial score (nSPS) is 12.2. The second-order valence-electron chi connectivity index (χ2n) is 5.65. The molecule has 0 saturated heterocycles. The number of nitrogens with one attached hydrogen (secondary N) is 1. The van der Waals surface area contributed by atoms with Gasteiger partial charge in [0.05, 0.1) is 28.8 Å². The van der Waals surface area contributed by atoms with E-state index in [4.69, 9.17) is 9.47 Å². The maximum absolute atomic E-state index is 12.1. The van der Waals surface area contributed by atoms with E-state index in [1.54, 1.807) is 23.6 Å². The summed E-state index contributed by atoms with van der Waals surface area (Å²) in [4.78, 5) is 35.4. The highest BCUT2D eigenvalue weighted by Crippen LogP contribution is 2.20. The number of hydrogen-bond acceptors (Lipinski definition) is 8. The second-order valence-corrected chi connectivity index (χ2v) is 6.71. The van der Waals surface area contributed by atoms with Gasteiger partial charge in [-0.1, -0.05) is 12.1 Å². The molecule has 0 atom stereocenters. The van der Waals surface area contributed by atoms with E-state index in [2.05, 4.69) is 15.0 Å². The van der Waals surface area contributed by atoms with Crippen molar-refractivity contribution in [3.05, 3.63) is 58.0 Å². The summed E-state index contributed by atoms with van der Waals surface area (Å²) in [5.41, 5.74) is 1.73. The number of ether oxygens (including phenoxy) is 2. The molecule has 0 aliphatic heterocycles. The minimum atomic E-state index is -0.805. The number of aliphatic hydroxyl groups excluding tert-OH is 1. The number of fused-ring (bicyclic) bond motifs is 1. The van der Waals surface area contributed by atoms with Crippen LogP contribution in [-0.4, -0.2) is 45.7 Å². The van der Waals surface area contributed by atoms with E-state index in [1.165, 1.54) is 30.6 Å². The van der Waals surface area contributed by atoms with Crippen LogP contribution in [0.4, 0.5) is 0 Å². The summed E-state index contributed by atoms with van der Waals surface area (Å²) >= 11 is 1.46. The van der Waals surface area contributed by atoms with Crippen LogP contribution < -0.4 is 0 Å².